The van der Waals surface area contributed by atoms with Gasteiger partial charge in [-0.1, -0.05) is 24.3 Å². The molecule has 21 heteroatoms. The van der Waals surface area contributed by atoms with Crippen LogP contribution in [0.1, 0.15) is 69.1 Å². The zero-order valence-corrected chi connectivity index (χ0v) is 41.2. The Morgan fingerprint density at radius 2 is 0.763 bits per heavy atom. The number of benzene rings is 4. The zero-order valence-electron chi connectivity index (χ0n) is 41.2. The number of aromatic hydroxyl groups is 4. The molecular formula is C55H51N13O8. The van der Waals surface area contributed by atoms with Crippen molar-refractivity contribution >= 4 is 47.0 Å². The van der Waals surface area contributed by atoms with Crippen molar-refractivity contribution in [1.29, 1.82) is 21.6 Å². The van der Waals surface area contributed by atoms with Crippen LogP contribution in [0.15, 0.2) is 165 Å². The van der Waals surface area contributed by atoms with Gasteiger partial charge in [0, 0.05) is 53.9 Å². The summed E-state index contributed by atoms with van der Waals surface area (Å²) in [5.41, 5.74) is 6.59. The third-order valence-electron chi connectivity index (χ3n) is 10.0. The largest absolute Gasteiger partial charge is 0.507 e. The van der Waals surface area contributed by atoms with Gasteiger partial charge in [0.25, 0.3) is 23.6 Å². The standard InChI is InChI=1S/3C14H13N3O2.C13H12N4O2/c1-9(15)17-14(19)12-8-11(2-3-13(12)18)10-4-6-16-7-5-10;1-9(15)17-14(19)12-7-10(4-5-13(12)18)11-3-2-6-16-8-11;1-9(15)17-14(19)11-8-10(5-6-13(11)18)12-4-2-3-7-16-12;1-8(14)17-13(19)10-6-9(2-3-12(10)18)11-4-5-15-7-16-11/h3*2-8,18H,1H3,(H2,15,17,19);2-7,18H,1H3,(H2,14,17,19). The van der Waals surface area contributed by atoms with Crippen molar-refractivity contribution in [2.45, 2.75) is 27.7 Å². The second-order valence-corrected chi connectivity index (χ2v) is 16.0. The van der Waals surface area contributed by atoms with Crippen LogP contribution in [0.5, 0.6) is 23.0 Å². The summed E-state index contributed by atoms with van der Waals surface area (Å²) in [6.07, 6.45) is 11.3. The van der Waals surface area contributed by atoms with Crippen molar-refractivity contribution in [3.05, 3.63) is 187 Å². The minimum absolute atomic E-state index is 0.0110. The van der Waals surface area contributed by atoms with Gasteiger partial charge in [-0.2, -0.15) is 0 Å². The van der Waals surface area contributed by atoms with Crippen LogP contribution in [0.25, 0.3) is 44.8 Å². The number of nitrogens with zero attached hydrogens (tertiary/aromatic N) is 5. The molecule has 8 rings (SSSR count). The van der Waals surface area contributed by atoms with E-state index in [1.54, 1.807) is 97.8 Å². The molecule has 0 atom stereocenters. The maximum Gasteiger partial charge on any atom is 0.260 e. The fourth-order valence-electron chi connectivity index (χ4n) is 6.57. The van der Waals surface area contributed by atoms with Gasteiger partial charge >= 0.3 is 0 Å². The number of phenols is 4. The lowest BCUT2D eigenvalue weighted by Crippen LogP contribution is -2.27. The number of aromatic nitrogens is 5. The highest BCUT2D eigenvalue weighted by Gasteiger charge is 2.17. The van der Waals surface area contributed by atoms with Crippen LogP contribution in [0, 0.1) is 21.6 Å². The second-order valence-electron chi connectivity index (χ2n) is 16.0. The van der Waals surface area contributed by atoms with E-state index >= 15 is 0 Å². The third kappa shape index (κ3) is 16.6. The van der Waals surface area contributed by atoms with Crippen molar-refractivity contribution in [3.8, 4) is 67.8 Å². The SMILES string of the molecule is CC(=N)NC(=O)c1cc(-c2ccccn2)ccc1O.CC(=N)NC(=O)c1cc(-c2cccnc2)ccc1O.CC(=N)NC(=O)c1cc(-c2ccncc2)ccc1O.CC(=N)NC(=O)c1cc(-c2ccncn2)ccc1O. The third-order valence-corrected chi connectivity index (χ3v) is 10.0. The first-order valence-electron chi connectivity index (χ1n) is 22.6. The van der Waals surface area contributed by atoms with Gasteiger partial charge < -0.3 is 41.7 Å². The molecule has 4 amide bonds. The van der Waals surface area contributed by atoms with E-state index in [0.717, 1.165) is 27.8 Å². The van der Waals surface area contributed by atoms with E-state index < -0.39 is 23.6 Å². The highest BCUT2D eigenvalue weighted by atomic mass is 16.3. The van der Waals surface area contributed by atoms with Gasteiger partial charge in [-0.05, 0) is 141 Å². The van der Waals surface area contributed by atoms with E-state index in [1.165, 1.54) is 64.4 Å². The van der Waals surface area contributed by atoms with Crippen molar-refractivity contribution in [2.75, 3.05) is 0 Å². The minimum atomic E-state index is -0.527. The van der Waals surface area contributed by atoms with Crippen LogP contribution in [0.2, 0.25) is 0 Å². The monoisotopic (exact) mass is 1020 g/mol. The van der Waals surface area contributed by atoms with Crippen molar-refractivity contribution < 1.29 is 39.6 Å². The van der Waals surface area contributed by atoms with Crippen LogP contribution in [-0.4, -0.2) is 92.3 Å². The zero-order chi connectivity index (χ0) is 55.3. The Bertz CT molecular complexity index is 2950. The molecule has 4 aromatic heterocycles. The second kappa shape index (κ2) is 27.1. The number of carbonyl (C=O) groups excluding carboxylic acids is 4. The maximum atomic E-state index is 11.8. The molecule has 0 fully saturated rings. The lowest BCUT2D eigenvalue weighted by molar-refractivity contribution is 0.0965. The maximum absolute atomic E-state index is 11.8. The lowest BCUT2D eigenvalue weighted by Gasteiger charge is -2.08. The van der Waals surface area contributed by atoms with Crippen LogP contribution < -0.4 is 21.3 Å². The lowest BCUT2D eigenvalue weighted by atomic mass is 10.0. The molecule has 8 aromatic rings. The van der Waals surface area contributed by atoms with Gasteiger partial charge in [0.2, 0.25) is 0 Å². The molecule has 0 saturated heterocycles. The summed E-state index contributed by atoms with van der Waals surface area (Å²) < 4.78 is 0. The molecule has 0 aliphatic rings. The Morgan fingerprint density at radius 1 is 0.368 bits per heavy atom. The van der Waals surface area contributed by atoms with E-state index in [0.29, 0.717) is 17.0 Å². The predicted molar refractivity (Wildman–Crippen MR) is 287 cm³/mol. The molecule has 12 N–H and O–H groups in total. The molecule has 0 aliphatic heterocycles. The number of pyridine rings is 3. The Kier molecular flexibility index (Phi) is 20.0. The number of amidine groups is 4. The Hall–Kier alpha value is -10.8. The van der Waals surface area contributed by atoms with Gasteiger partial charge in [0.1, 0.15) is 29.3 Å². The summed E-state index contributed by atoms with van der Waals surface area (Å²) in [5.74, 6) is -2.46. The smallest absolute Gasteiger partial charge is 0.260 e. The van der Waals surface area contributed by atoms with Gasteiger partial charge in [-0.25, -0.2) is 9.97 Å². The molecule has 0 bridgehead atoms. The van der Waals surface area contributed by atoms with Crippen molar-refractivity contribution in [1.82, 2.24) is 46.2 Å². The molecule has 0 unspecified atom stereocenters. The van der Waals surface area contributed by atoms with Crippen LogP contribution in [-0.2, 0) is 0 Å². The highest BCUT2D eigenvalue weighted by molar-refractivity contribution is 6.09. The molecule has 4 heterocycles. The highest BCUT2D eigenvalue weighted by Crippen LogP contribution is 2.28. The molecule has 76 heavy (non-hydrogen) atoms. The number of carbonyl (C=O) groups is 4. The molecule has 21 nitrogen and oxygen atoms in total. The topological polar surface area (TPSA) is 357 Å². The van der Waals surface area contributed by atoms with E-state index in [9.17, 15) is 39.6 Å². The van der Waals surface area contributed by atoms with Gasteiger partial charge in [-0.3, -0.25) is 55.8 Å². The van der Waals surface area contributed by atoms with Gasteiger partial charge in [-0.15, -0.1) is 0 Å². The van der Waals surface area contributed by atoms with Crippen LogP contribution >= 0.6 is 0 Å². The average molecular weight is 1020 g/mol. The summed E-state index contributed by atoms with van der Waals surface area (Å²) in [6.45, 7) is 5.82. The number of nitrogens with one attached hydrogen (secondary N) is 8. The van der Waals surface area contributed by atoms with Gasteiger partial charge in [0.15, 0.2) is 0 Å². The van der Waals surface area contributed by atoms with Gasteiger partial charge in [0.05, 0.1) is 57.0 Å². The average Bonchev–Trinajstić information content (AvgIpc) is 3.40. The first-order valence-corrected chi connectivity index (χ1v) is 22.6. The Labute approximate surface area is 435 Å². The summed E-state index contributed by atoms with van der Waals surface area (Å²) in [7, 11) is 0. The molecule has 0 saturated carbocycles. The molecule has 0 radical (unpaired) electrons. The summed E-state index contributed by atoms with van der Waals surface area (Å²) in [6, 6.07) is 33.2. The van der Waals surface area contributed by atoms with Crippen molar-refractivity contribution in [2.24, 2.45) is 0 Å². The molecule has 384 valence electrons. The first kappa shape index (κ1) is 56.1. The summed E-state index contributed by atoms with van der Waals surface area (Å²) in [4.78, 5) is 67.3. The summed E-state index contributed by atoms with van der Waals surface area (Å²) >= 11 is 0. The van der Waals surface area contributed by atoms with Crippen LogP contribution in [0.4, 0.5) is 0 Å². The van der Waals surface area contributed by atoms with E-state index in [-0.39, 0.29) is 68.6 Å². The predicted octanol–water partition coefficient (Wildman–Crippen LogP) is 8.12. The Balaban J connectivity index is 0.000000187. The number of hydrogen-bond donors (Lipinski definition) is 12. The summed E-state index contributed by atoms with van der Waals surface area (Å²) in [5, 5.41) is 77.2. The number of hydrogen-bond acceptors (Lipinski definition) is 17. The van der Waals surface area contributed by atoms with Crippen LogP contribution in [0.3, 0.4) is 0 Å². The number of phenolic OH excluding ortho intramolecular Hbond substituents is 4. The fraction of sp³-hybridized carbons (Fsp3) is 0.0727. The molecule has 4 aromatic carbocycles. The molecule has 0 spiro atoms. The normalized spacial score (nSPS) is 9.95. The van der Waals surface area contributed by atoms with Crippen molar-refractivity contribution in [3.63, 3.8) is 0 Å². The van der Waals surface area contributed by atoms with E-state index in [1.807, 2.05) is 30.3 Å². The number of amides is 4. The minimum Gasteiger partial charge on any atom is -0.507 e. The fourth-order valence-corrected chi connectivity index (χ4v) is 6.57. The number of rotatable bonds is 8. The molecular weight excluding hydrogens is 971 g/mol. The van der Waals surface area contributed by atoms with E-state index in [2.05, 4.69) is 46.2 Å². The first-order chi connectivity index (χ1) is 36.3. The molecule has 0 aliphatic carbocycles. The quantitative estimate of drug-likeness (QED) is 0.0506. The Morgan fingerprint density at radius 3 is 1.13 bits per heavy atom. The van der Waals surface area contributed by atoms with E-state index in [4.69, 9.17) is 21.6 Å².